The molecule has 1 aliphatic heterocycles. The van der Waals surface area contributed by atoms with Gasteiger partial charge in [0, 0.05) is 23.7 Å². The molecule has 130 valence electrons. The average Bonchev–Trinajstić information content (AvgIpc) is 2.90. The minimum Gasteiger partial charge on any atom is -0.302 e. The maximum absolute atomic E-state index is 12.8. The lowest BCUT2D eigenvalue weighted by atomic mass is 10.1. The van der Waals surface area contributed by atoms with Crippen LogP contribution in [0.25, 0.3) is 0 Å². The molecule has 0 bridgehead atoms. The Morgan fingerprint density at radius 3 is 2.28 bits per heavy atom. The van der Waals surface area contributed by atoms with Crippen molar-refractivity contribution in [1.82, 2.24) is 9.80 Å². The number of aliphatic imine (C=N–C) groups is 1. The Morgan fingerprint density at radius 1 is 1.00 bits per heavy atom. The molecule has 0 saturated carbocycles. The number of amides is 1. The minimum absolute atomic E-state index is 0.0236. The first-order valence-corrected chi connectivity index (χ1v) is 8.99. The van der Waals surface area contributed by atoms with Crippen LogP contribution in [0.4, 0.5) is 5.69 Å². The highest BCUT2D eigenvalue weighted by molar-refractivity contribution is 6.30. The third-order valence-electron chi connectivity index (χ3n) is 4.50. The van der Waals surface area contributed by atoms with Crippen LogP contribution in [0.2, 0.25) is 5.02 Å². The zero-order valence-corrected chi connectivity index (χ0v) is 15.3. The van der Waals surface area contributed by atoms with E-state index >= 15 is 0 Å². The fourth-order valence-corrected chi connectivity index (χ4v) is 3.12. The molecule has 3 rings (SSSR count). The molecule has 0 aliphatic carbocycles. The maximum Gasteiger partial charge on any atom is 0.260 e. The van der Waals surface area contributed by atoms with Gasteiger partial charge in [-0.2, -0.15) is 0 Å². The number of carbonyl (C=O) groups excluding carboxylic acids is 1. The number of nitrogens with zero attached hydrogens (tertiary/aromatic N) is 3. The molecule has 1 heterocycles. The first kappa shape index (κ1) is 17.6. The Bertz CT molecular complexity index is 782. The SMILES string of the molecule is CCN(CC)CCN1C(=O)c2ccccc2C1=Nc1ccc(Cl)cc1. The zero-order chi connectivity index (χ0) is 17.8. The van der Waals surface area contributed by atoms with Crippen molar-refractivity contribution in [3.63, 3.8) is 0 Å². The number of halogens is 1. The van der Waals surface area contributed by atoms with E-state index in [2.05, 4.69) is 18.7 Å². The van der Waals surface area contributed by atoms with Crippen molar-refractivity contribution in [2.75, 3.05) is 26.2 Å². The van der Waals surface area contributed by atoms with Crippen molar-refractivity contribution in [1.29, 1.82) is 0 Å². The van der Waals surface area contributed by atoms with Crippen molar-refractivity contribution in [3.8, 4) is 0 Å². The summed E-state index contributed by atoms with van der Waals surface area (Å²) in [5, 5.41) is 0.672. The van der Waals surface area contributed by atoms with Crippen molar-refractivity contribution in [2.24, 2.45) is 4.99 Å². The summed E-state index contributed by atoms with van der Waals surface area (Å²) < 4.78 is 0. The van der Waals surface area contributed by atoms with Gasteiger partial charge in [0.25, 0.3) is 5.91 Å². The van der Waals surface area contributed by atoms with E-state index in [4.69, 9.17) is 16.6 Å². The van der Waals surface area contributed by atoms with Crippen LogP contribution in [0.3, 0.4) is 0 Å². The van der Waals surface area contributed by atoms with Crippen molar-refractivity contribution < 1.29 is 4.79 Å². The average molecular weight is 356 g/mol. The Balaban J connectivity index is 1.95. The molecule has 0 spiro atoms. The molecule has 1 amide bonds. The lowest BCUT2D eigenvalue weighted by Gasteiger charge is -2.23. The fourth-order valence-electron chi connectivity index (χ4n) is 3.00. The highest BCUT2D eigenvalue weighted by atomic mass is 35.5. The van der Waals surface area contributed by atoms with Gasteiger partial charge in [-0.25, -0.2) is 4.99 Å². The molecule has 0 unspecified atom stereocenters. The van der Waals surface area contributed by atoms with Gasteiger partial charge in [0.15, 0.2) is 0 Å². The number of carbonyl (C=O) groups is 1. The Morgan fingerprint density at radius 2 is 1.64 bits per heavy atom. The Labute approximate surface area is 153 Å². The summed E-state index contributed by atoms with van der Waals surface area (Å²) in [6, 6.07) is 15.0. The van der Waals surface area contributed by atoms with E-state index in [9.17, 15) is 4.79 Å². The number of likely N-dealkylation sites (N-methyl/N-ethyl adjacent to an activating group) is 1. The summed E-state index contributed by atoms with van der Waals surface area (Å²) >= 11 is 5.96. The highest BCUT2D eigenvalue weighted by Gasteiger charge is 2.33. The van der Waals surface area contributed by atoms with Gasteiger partial charge >= 0.3 is 0 Å². The van der Waals surface area contributed by atoms with E-state index in [-0.39, 0.29) is 5.91 Å². The number of benzene rings is 2. The van der Waals surface area contributed by atoms with E-state index in [1.807, 2.05) is 48.5 Å². The van der Waals surface area contributed by atoms with E-state index in [0.717, 1.165) is 42.3 Å². The normalized spacial score (nSPS) is 15.3. The lowest BCUT2D eigenvalue weighted by molar-refractivity contribution is 0.0849. The van der Waals surface area contributed by atoms with E-state index in [0.29, 0.717) is 11.6 Å². The molecule has 0 saturated heterocycles. The van der Waals surface area contributed by atoms with Gasteiger partial charge in [-0.1, -0.05) is 43.6 Å². The molecule has 0 aromatic heterocycles. The van der Waals surface area contributed by atoms with Crippen molar-refractivity contribution >= 4 is 29.0 Å². The quantitative estimate of drug-likeness (QED) is 0.778. The van der Waals surface area contributed by atoms with Gasteiger partial charge in [-0.15, -0.1) is 0 Å². The van der Waals surface area contributed by atoms with Gasteiger partial charge in [-0.3, -0.25) is 9.69 Å². The van der Waals surface area contributed by atoms with Crippen LogP contribution in [0.15, 0.2) is 53.5 Å². The minimum atomic E-state index is 0.0236. The summed E-state index contributed by atoms with van der Waals surface area (Å²) in [5.41, 5.74) is 2.40. The van der Waals surface area contributed by atoms with E-state index < -0.39 is 0 Å². The lowest BCUT2D eigenvalue weighted by Crippen LogP contribution is -2.38. The van der Waals surface area contributed by atoms with Crippen LogP contribution in [0.1, 0.15) is 29.8 Å². The van der Waals surface area contributed by atoms with Crippen LogP contribution in [0.5, 0.6) is 0 Å². The van der Waals surface area contributed by atoms with Crippen LogP contribution in [-0.2, 0) is 0 Å². The van der Waals surface area contributed by atoms with Crippen LogP contribution in [0, 0.1) is 0 Å². The second kappa shape index (κ2) is 7.81. The number of rotatable bonds is 6. The molecule has 2 aromatic carbocycles. The predicted octanol–water partition coefficient (Wildman–Crippen LogP) is 4.22. The van der Waals surface area contributed by atoms with Gasteiger partial charge in [-0.05, 0) is 43.4 Å². The van der Waals surface area contributed by atoms with Gasteiger partial charge in [0.05, 0.1) is 11.3 Å². The largest absolute Gasteiger partial charge is 0.302 e. The van der Waals surface area contributed by atoms with Crippen LogP contribution in [-0.4, -0.2) is 47.7 Å². The van der Waals surface area contributed by atoms with E-state index in [1.54, 1.807) is 4.90 Å². The molecular weight excluding hydrogens is 334 g/mol. The van der Waals surface area contributed by atoms with Crippen LogP contribution < -0.4 is 0 Å². The third kappa shape index (κ3) is 3.75. The standard InChI is InChI=1S/C20H22ClN3O/c1-3-23(4-2)13-14-24-19(22-16-11-9-15(21)10-12-16)17-7-5-6-8-18(17)20(24)25/h5-12H,3-4,13-14H2,1-2H3. The van der Waals surface area contributed by atoms with Crippen molar-refractivity contribution in [3.05, 3.63) is 64.7 Å². The molecule has 2 aromatic rings. The third-order valence-corrected chi connectivity index (χ3v) is 4.75. The molecular formula is C20H22ClN3O. The maximum atomic E-state index is 12.8. The molecule has 4 nitrogen and oxygen atoms in total. The van der Waals surface area contributed by atoms with Gasteiger partial charge in [0.1, 0.15) is 5.84 Å². The predicted molar refractivity (Wildman–Crippen MR) is 103 cm³/mol. The summed E-state index contributed by atoms with van der Waals surface area (Å²) in [6.45, 7) is 7.65. The Kier molecular flexibility index (Phi) is 5.51. The first-order chi connectivity index (χ1) is 12.1. The molecule has 25 heavy (non-hydrogen) atoms. The highest BCUT2D eigenvalue weighted by Crippen LogP contribution is 2.26. The smallest absolute Gasteiger partial charge is 0.260 e. The second-order valence-corrected chi connectivity index (χ2v) is 6.38. The zero-order valence-electron chi connectivity index (χ0n) is 14.6. The van der Waals surface area contributed by atoms with Crippen molar-refractivity contribution in [2.45, 2.75) is 13.8 Å². The number of hydrogen-bond donors (Lipinski definition) is 0. The number of fused-ring (bicyclic) bond motifs is 1. The molecule has 1 aliphatic rings. The molecule has 0 fully saturated rings. The fraction of sp³-hybridized carbons (Fsp3) is 0.300. The topological polar surface area (TPSA) is 35.9 Å². The van der Waals surface area contributed by atoms with Crippen LogP contribution >= 0.6 is 11.6 Å². The molecule has 0 radical (unpaired) electrons. The number of hydrogen-bond acceptors (Lipinski definition) is 3. The first-order valence-electron chi connectivity index (χ1n) is 8.62. The summed E-state index contributed by atoms with van der Waals surface area (Å²) in [4.78, 5) is 21.7. The molecule has 5 heteroatoms. The van der Waals surface area contributed by atoms with Gasteiger partial charge in [0.2, 0.25) is 0 Å². The monoisotopic (exact) mass is 355 g/mol. The number of amidine groups is 1. The van der Waals surface area contributed by atoms with Gasteiger partial charge < -0.3 is 4.90 Å². The Hall–Kier alpha value is -2.17. The molecule has 0 atom stereocenters. The summed E-state index contributed by atoms with van der Waals surface area (Å²) in [6.07, 6.45) is 0. The summed E-state index contributed by atoms with van der Waals surface area (Å²) in [7, 11) is 0. The summed E-state index contributed by atoms with van der Waals surface area (Å²) in [5.74, 6) is 0.741. The van der Waals surface area contributed by atoms with E-state index in [1.165, 1.54) is 0 Å². The molecule has 0 N–H and O–H groups in total. The second-order valence-electron chi connectivity index (χ2n) is 5.94.